The molecule has 0 amide bonds. The number of carbonyl (C=O) groups is 2. The first kappa shape index (κ1) is 24.4. The van der Waals surface area contributed by atoms with E-state index in [4.69, 9.17) is 0 Å². The number of aliphatic carboxylic acids is 2. The van der Waals surface area contributed by atoms with Crippen molar-refractivity contribution in [3.05, 3.63) is 34.4 Å². The molecular formula is C26H40O4. The largest absolute Gasteiger partial charge is 0.481 e. The molecule has 1 aromatic carbocycles. The highest BCUT2D eigenvalue weighted by molar-refractivity contribution is 5.77. The van der Waals surface area contributed by atoms with Crippen LogP contribution in [-0.4, -0.2) is 22.2 Å². The van der Waals surface area contributed by atoms with Crippen molar-refractivity contribution in [1.82, 2.24) is 0 Å². The molecule has 2 N–H and O–H groups in total. The second-order valence-electron chi connectivity index (χ2n) is 10.1. The Bertz CT molecular complexity index is 744. The molecule has 1 saturated carbocycles. The van der Waals surface area contributed by atoms with Crippen LogP contribution in [0.1, 0.15) is 100 Å². The summed E-state index contributed by atoms with van der Waals surface area (Å²) in [5.41, 5.74) is 4.51. The first-order valence-electron chi connectivity index (χ1n) is 11.6. The van der Waals surface area contributed by atoms with Gasteiger partial charge in [-0.25, -0.2) is 0 Å². The first-order chi connectivity index (χ1) is 14.1. The van der Waals surface area contributed by atoms with Crippen LogP contribution in [0.4, 0.5) is 0 Å². The summed E-state index contributed by atoms with van der Waals surface area (Å²) < 4.78 is 0. The van der Waals surface area contributed by atoms with Crippen molar-refractivity contribution >= 4 is 11.9 Å². The van der Waals surface area contributed by atoms with Gasteiger partial charge in [-0.1, -0.05) is 37.8 Å². The second kappa shape index (κ2) is 10.5. The highest BCUT2D eigenvalue weighted by atomic mass is 16.4. The van der Waals surface area contributed by atoms with Crippen LogP contribution in [0.25, 0.3) is 0 Å². The normalized spacial score (nSPS) is 15.2. The van der Waals surface area contributed by atoms with E-state index in [0.717, 1.165) is 77.0 Å². The van der Waals surface area contributed by atoms with Gasteiger partial charge in [-0.15, -0.1) is 0 Å². The van der Waals surface area contributed by atoms with Gasteiger partial charge in [-0.05, 0) is 101 Å². The van der Waals surface area contributed by atoms with Crippen LogP contribution in [-0.2, 0) is 22.4 Å². The summed E-state index contributed by atoms with van der Waals surface area (Å²) in [7, 11) is 0. The molecule has 0 aromatic heterocycles. The fraction of sp³-hybridized carbons (Fsp3) is 0.692. The smallest absolute Gasteiger partial charge is 0.309 e. The van der Waals surface area contributed by atoms with Gasteiger partial charge in [-0.3, -0.25) is 9.59 Å². The van der Waals surface area contributed by atoms with Crippen molar-refractivity contribution in [3.8, 4) is 0 Å². The van der Waals surface area contributed by atoms with Crippen LogP contribution in [0.15, 0.2) is 12.1 Å². The van der Waals surface area contributed by atoms with Gasteiger partial charge in [0, 0.05) is 0 Å². The first-order valence-corrected chi connectivity index (χ1v) is 11.6. The van der Waals surface area contributed by atoms with Crippen molar-refractivity contribution in [2.45, 2.75) is 105 Å². The summed E-state index contributed by atoms with van der Waals surface area (Å²) in [4.78, 5) is 22.5. The lowest BCUT2D eigenvalue weighted by Crippen LogP contribution is -2.23. The lowest BCUT2D eigenvalue weighted by Gasteiger charge is -2.18. The molecule has 1 aliphatic carbocycles. The summed E-state index contributed by atoms with van der Waals surface area (Å²) in [6, 6.07) is 4.64. The molecule has 4 heteroatoms. The molecule has 168 valence electrons. The molecule has 0 atom stereocenters. The maximum absolute atomic E-state index is 11.3. The number of rotatable bonds is 14. The van der Waals surface area contributed by atoms with E-state index in [-0.39, 0.29) is 0 Å². The quantitative estimate of drug-likeness (QED) is 0.340. The monoisotopic (exact) mass is 416 g/mol. The molecule has 4 nitrogen and oxygen atoms in total. The van der Waals surface area contributed by atoms with E-state index in [0.29, 0.717) is 0 Å². The lowest BCUT2D eigenvalue weighted by molar-refractivity contribution is -0.147. The Hall–Kier alpha value is -1.84. The van der Waals surface area contributed by atoms with E-state index in [2.05, 4.69) is 26.0 Å². The Morgan fingerprint density at radius 2 is 1.57 bits per heavy atom. The van der Waals surface area contributed by atoms with E-state index < -0.39 is 22.8 Å². The van der Waals surface area contributed by atoms with Gasteiger partial charge >= 0.3 is 11.9 Å². The maximum atomic E-state index is 11.3. The van der Waals surface area contributed by atoms with Crippen molar-refractivity contribution in [3.63, 3.8) is 0 Å². The van der Waals surface area contributed by atoms with Crippen LogP contribution in [0.3, 0.4) is 0 Å². The zero-order valence-corrected chi connectivity index (χ0v) is 19.4. The van der Waals surface area contributed by atoms with Crippen molar-refractivity contribution in [1.29, 1.82) is 0 Å². The van der Waals surface area contributed by atoms with Gasteiger partial charge in [0.05, 0.1) is 10.8 Å². The number of aryl methyl sites for hydroxylation is 3. The maximum Gasteiger partial charge on any atom is 0.309 e. The van der Waals surface area contributed by atoms with Gasteiger partial charge in [-0.2, -0.15) is 0 Å². The van der Waals surface area contributed by atoms with Crippen LogP contribution in [0.2, 0.25) is 0 Å². The molecule has 1 aliphatic rings. The average molecular weight is 417 g/mol. The topological polar surface area (TPSA) is 74.6 Å². The zero-order valence-electron chi connectivity index (χ0n) is 19.4. The molecule has 0 radical (unpaired) electrons. The third-order valence-electron chi connectivity index (χ3n) is 7.09. The number of unbranched alkanes of at least 4 members (excludes halogenated alkanes) is 4. The van der Waals surface area contributed by atoms with Crippen molar-refractivity contribution in [2.24, 2.45) is 10.8 Å². The molecular weight excluding hydrogens is 376 g/mol. The van der Waals surface area contributed by atoms with Gasteiger partial charge in [0.2, 0.25) is 0 Å². The fourth-order valence-corrected chi connectivity index (χ4v) is 4.27. The minimum atomic E-state index is -0.708. The Morgan fingerprint density at radius 3 is 2.17 bits per heavy atom. The fourth-order valence-electron chi connectivity index (χ4n) is 4.27. The van der Waals surface area contributed by atoms with Gasteiger partial charge in [0.25, 0.3) is 0 Å². The molecule has 1 fully saturated rings. The van der Waals surface area contributed by atoms with E-state index >= 15 is 0 Å². The Morgan fingerprint density at radius 1 is 0.933 bits per heavy atom. The van der Waals surface area contributed by atoms with Crippen molar-refractivity contribution < 1.29 is 19.8 Å². The summed E-state index contributed by atoms with van der Waals surface area (Å²) in [6.07, 6.45) is 11.7. The van der Waals surface area contributed by atoms with E-state index in [1.54, 1.807) is 13.8 Å². The Kier molecular flexibility index (Phi) is 8.52. The van der Waals surface area contributed by atoms with Gasteiger partial charge in [0.15, 0.2) is 0 Å². The molecule has 0 spiro atoms. The number of carboxylic acid groups (broad SMARTS) is 2. The predicted octanol–water partition coefficient (Wildman–Crippen LogP) is 6.48. The van der Waals surface area contributed by atoms with E-state index in [1.165, 1.54) is 22.3 Å². The Labute approximate surface area is 182 Å². The summed E-state index contributed by atoms with van der Waals surface area (Å²) in [6.45, 7) is 7.99. The van der Waals surface area contributed by atoms with Crippen LogP contribution in [0, 0.1) is 24.7 Å². The van der Waals surface area contributed by atoms with Crippen molar-refractivity contribution in [2.75, 3.05) is 0 Å². The third-order valence-corrected chi connectivity index (χ3v) is 7.09. The van der Waals surface area contributed by atoms with Gasteiger partial charge in [0.1, 0.15) is 0 Å². The molecule has 0 saturated heterocycles. The predicted molar refractivity (Wildman–Crippen MR) is 121 cm³/mol. The van der Waals surface area contributed by atoms with E-state index in [9.17, 15) is 19.8 Å². The zero-order chi connectivity index (χ0) is 22.4. The van der Waals surface area contributed by atoms with Crippen LogP contribution >= 0.6 is 0 Å². The minimum Gasteiger partial charge on any atom is -0.481 e. The molecule has 0 heterocycles. The van der Waals surface area contributed by atoms with Gasteiger partial charge < -0.3 is 10.2 Å². The molecule has 0 unspecified atom stereocenters. The number of benzene rings is 1. The highest BCUT2D eigenvalue weighted by Gasteiger charge is 2.49. The number of carboxylic acids is 2. The average Bonchev–Trinajstić information content (AvgIpc) is 3.46. The third kappa shape index (κ3) is 6.85. The molecule has 0 bridgehead atoms. The van der Waals surface area contributed by atoms with Crippen LogP contribution in [0.5, 0.6) is 0 Å². The summed E-state index contributed by atoms with van der Waals surface area (Å²) in [5, 5.41) is 18.5. The second-order valence-corrected chi connectivity index (χ2v) is 10.1. The number of hydrogen-bond donors (Lipinski definition) is 2. The molecule has 1 aromatic rings. The molecule has 30 heavy (non-hydrogen) atoms. The standard InChI is InChI=1S/C26H40O4/c1-19-17-21(11-8-10-14-26(15-16-26)24(29)30)18-22(20(19)2)12-7-5-6-9-13-25(3,4)23(27)28/h17-18H,5-16H2,1-4H3,(H,27,28)(H,29,30). The summed E-state index contributed by atoms with van der Waals surface area (Å²) in [5.74, 6) is -1.32. The lowest BCUT2D eigenvalue weighted by atomic mass is 9.87. The summed E-state index contributed by atoms with van der Waals surface area (Å²) >= 11 is 0. The molecule has 2 rings (SSSR count). The Balaban J connectivity index is 1.74. The molecule has 0 aliphatic heterocycles. The van der Waals surface area contributed by atoms with E-state index in [1.807, 2.05) is 0 Å². The number of hydrogen-bond acceptors (Lipinski definition) is 2. The SMILES string of the molecule is Cc1cc(CCCCC2(C(=O)O)CC2)cc(CCCCCCC(C)(C)C(=O)O)c1C. The minimum absolute atomic E-state index is 0.395. The highest BCUT2D eigenvalue weighted by Crippen LogP contribution is 2.50. The van der Waals surface area contributed by atoms with Crippen LogP contribution < -0.4 is 0 Å².